The van der Waals surface area contributed by atoms with Gasteiger partial charge in [0.1, 0.15) is 5.52 Å². The van der Waals surface area contributed by atoms with Crippen LogP contribution in [0, 0.1) is 6.92 Å². The molecule has 0 saturated carbocycles. The average molecular weight is 292 g/mol. The van der Waals surface area contributed by atoms with Crippen molar-refractivity contribution in [3.05, 3.63) is 5.69 Å². The van der Waals surface area contributed by atoms with Crippen LogP contribution in [0.5, 0.6) is 0 Å². The molecule has 6 nitrogen and oxygen atoms in total. The fourth-order valence-electron chi connectivity index (χ4n) is 3.03. The predicted molar refractivity (Wildman–Crippen MR) is 87.4 cm³/mol. The highest BCUT2D eigenvalue weighted by Crippen LogP contribution is 2.26. The maximum atomic E-state index is 6.12. The van der Waals surface area contributed by atoms with Gasteiger partial charge in [0.2, 0.25) is 5.95 Å². The van der Waals surface area contributed by atoms with Crippen LogP contribution in [0.1, 0.15) is 45.3 Å². The van der Waals surface area contributed by atoms with Gasteiger partial charge in [0.05, 0.1) is 5.69 Å². The quantitative estimate of drug-likeness (QED) is 0.850. The molecule has 118 valence electrons. The Bertz CT molecular complexity index is 593. The molecule has 2 heterocycles. The summed E-state index contributed by atoms with van der Waals surface area (Å²) in [5, 5.41) is 4.44. The number of nitrogens with zero attached hydrogens (tertiary/aromatic N) is 5. The zero-order valence-electron chi connectivity index (χ0n) is 13.9. The lowest BCUT2D eigenvalue weighted by Crippen LogP contribution is -2.24. The van der Waals surface area contributed by atoms with Crippen molar-refractivity contribution in [2.75, 3.05) is 25.4 Å². The lowest BCUT2D eigenvalue weighted by Gasteiger charge is -2.20. The number of aromatic nitrogens is 4. The van der Waals surface area contributed by atoms with E-state index in [1.165, 1.54) is 6.42 Å². The van der Waals surface area contributed by atoms with Crippen LogP contribution in [0.25, 0.3) is 11.2 Å². The molecule has 2 rings (SSSR count). The summed E-state index contributed by atoms with van der Waals surface area (Å²) in [7, 11) is 1.95. The summed E-state index contributed by atoms with van der Waals surface area (Å²) in [5.74, 6) is 0.594. The molecule has 0 aliphatic carbocycles. The first kappa shape index (κ1) is 15.8. The molecular weight excluding hydrogens is 264 g/mol. The molecular formula is C15H28N6. The average Bonchev–Trinajstić information content (AvgIpc) is 2.92. The zero-order chi connectivity index (χ0) is 15.6. The molecule has 0 spiro atoms. The summed E-state index contributed by atoms with van der Waals surface area (Å²) in [4.78, 5) is 6.93. The van der Waals surface area contributed by atoms with Gasteiger partial charge < -0.3 is 10.6 Å². The number of imidazole rings is 1. The van der Waals surface area contributed by atoms with Crippen LogP contribution < -0.4 is 5.73 Å². The summed E-state index contributed by atoms with van der Waals surface area (Å²) in [6.45, 7) is 12.0. The number of nitrogens with two attached hydrogens (primary N) is 1. The second-order valence-electron chi connectivity index (χ2n) is 5.74. The minimum atomic E-state index is 0.334. The van der Waals surface area contributed by atoms with E-state index in [-0.39, 0.29) is 0 Å². The molecule has 2 N–H and O–H groups in total. The van der Waals surface area contributed by atoms with E-state index in [4.69, 9.17) is 5.73 Å². The smallest absolute Gasteiger partial charge is 0.202 e. The Morgan fingerprint density at radius 2 is 1.95 bits per heavy atom. The Kier molecular flexibility index (Phi) is 4.88. The maximum Gasteiger partial charge on any atom is 0.202 e. The molecule has 1 atom stereocenters. The molecule has 0 aliphatic heterocycles. The lowest BCUT2D eigenvalue weighted by molar-refractivity contribution is 0.289. The molecule has 0 aliphatic rings. The normalized spacial score (nSPS) is 13.4. The van der Waals surface area contributed by atoms with Gasteiger partial charge in [0.25, 0.3) is 0 Å². The predicted octanol–water partition coefficient (Wildman–Crippen LogP) is 2.34. The van der Waals surface area contributed by atoms with E-state index in [9.17, 15) is 0 Å². The molecule has 0 fully saturated rings. The van der Waals surface area contributed by atoms with Crippen LogP contribution in [0.15, 0.2) is 0 Å². The zero-order valence-corrected chi connectivity index (χ0v) is 13.9. The van der Waals surface area contributed by atoms with Gasteiger partial charge in [-0.3, -0.25) is 9.25 Å². The van der Waals surface area contributed by atoms with Crippen LogP contribution in [0.3, 0.4) is 0 Å². The molecule has 0 saturated heterocycles. The molecule has 2 aromatic rings. The van der Waals surface area contributed by atoms with Gasteiger partial charge in [-0.25, -0.2) is 4.98 Å². The molecule has 0 radical (unpaired) electrons. The van der Waals surface area contributed by atoms with E-state index >= 15 is 0 Å². The first-order valence-corrected chi connectivity index (χ1v) is 7.88. The summed E-state index contributed by atoms with van der Waals surface area (Å²) < 4.78 is 4.01. The van der Waals surface area contributed by atoms with E-state index in [1.54, 1.807) is 0 Å². The van der Waals surface area contributed by atoms with Crippen molar-refractivity contribution in [3.63, 3.8) is 0 Å². The van der Waals surface area contributed by atoms with E-state index in [1.807, 2.05) is 18.7 Å². The van der Waals surface area contributed by atoms with E-state index in [2.05, 4.69) is 40.3 Å². The number of rotatable bonds is 7. The van der Waals surface area contributed by atoms with Crippen molar-refractivity contribution in [2.24, 2.45) is 7.05 Å². The highest BCUT2D eigenvalue weighted by Gasteiger charge is 2.19. The monoisotopic (exact) mass is 292 g/mol. The lowest BCUT2D eigenvalue weighted by atomic mass is 10.1. The van der Waals surface area contributed by atoms with Crippen molar-refractivity contribution >= 4 is 17.1 Å². The van der Waals surface area contributed by atoms with Gasteiger partial charge in [0.15, 0.2) is 5.65 Å². The van der Waals surface area contributed by atoms with Crippen molar-refractivity contribution in [1.82, 2.24) is 24.2 Å². The SMILES string of the molecule is CCN(CC)CCCC(C)n1c(N)nc2c(C)nn(C)c21. The number of hydrogen-bond acceptors (Lipinski definition) is 4. The Morgan fingerprint density at radius 3 is 2.57 bits per heavy atom. The fourth-order valence-corrected chi connectivity index (χ4v) is 3.03. The van der Waals surface area contributed by atoms with Crippen molar-refractivity contribution < 1.29 is 0 Å². The maximum absolute atomic E-state index is 6.12. The second kappa shape index (κ2) is 6.47. The number of hydrogen-bond donors (Lipinski definition) is 1. The summed E-state index contributed by atoms with van der Waals surface area (Å²) >= 11 is 0. The number of aryl methyl sites for hydroxylation is 2. The van der Waals surface area contributed by atoms with Crippen LogP contribution in [-0.4, -0.2) is 43.9 Å². The molecule has 0 amide bonds. The first-order chi connectivity index (χ1) is 9.99. The molecule has 21 heavy (non-hydrogen) atoms. The van der Waals surface area contributed by atoms with Crippen molar-refractivity contribution in [3.8, 4) is 0 Å². The largest absolute Gasteiger partial charge is 0.369 e. The minimum Gasteiger partial charge on any atom is -0.369 e. The van der Waals surface area contributed by atoms with Crippen molar-refractivity contribution in [2.45, 2.75) is 46.6 Å². The summed E-state index contributed by atoms with van der Waals surface area (Å²) in [6.07, 6.45) is 2.26. The Morgan fingerprint density at radius 1 is 1.29 bits per heavy atom. The molecule has 0 bridgehead atoms. The molecule has 2 aromatic heterocycles. The third kappa shape index (κ3) is 3.05. The van der Waals surface area contributed by atoms with Gasteiger partial charge in [-0.1, -0.05) is 13.8 Å². The van der Waals surface area contributed by atoms with Gasteiger partial charge in [-0.15, -0.1) is 0 Å². The second-order valence-corrected chi connectivity index (χ2v) is 5.74. The van der Waals surface area contributed by atoms with Crippen LogP contribution >= 0.6 is 0 Å². The van der Waals surface area contributed by atoms with Crippen LogP contribution in [-0.2, 0) is 7.05 Å². The van der Waals surface area contributed by atoms with E-state index in [0.29, 0.717) is 12.0 Å². The van der Waals surface area contributed by atoms with Crippen LogP contribution in [0.2, 0.25) is 0 Å². The third-order valence-corrected chi connectivity index (χ3v) is 4.29. The van der Waals surface area contributed by atoms with Gasteiger partial charge in [-0.05, 0) is 46.3 Å². The summed E-state index contributed by atoms with van der Waals surface area (Å²) in [6, 6.07) is 0.334. The van der Waals surface area contributed by atoms with Gasteiger partial charge >= 0.3 is 0 Å². The Labute approximate surface area is 126 Å². The van der Waals surface area contributed by atoms with Gasteiger partial charge in [-0.2, -0.15) is 5.10 Å². The number of anilines is 1. The third-order valence-electron chi connectivity index (χ3n) is 4.29. The van der Waals surface area contributed by atoms with Crippen molar-refractivity contribution in [1.29, 1.82) is 0 Å². The minimum absolute atomic E-state index is 0.334. The summed E-state index contributed by atoms with van der Waals surface area (Å²) in [5.41, 5.74) is 9.01. The topological polar surface area (TPSA) is 64.9 Å². The van der Waals surface area contributed by atoms with E-state index < -0.39 is 0 Å². The Balaban J connectivity index is 2.12. The van der Waals surface area contributed by atoms with E-state index in [0.717, 1.165) is 42.9 Å². The molecule has 0 aromatic carbocycles. The fraction of sp³-hybridized carbons (Fsp3) is 0.733. The molecule has 6 heteroatoms. The first-order valence-electron chi connectivity index (χ1n) is 7.88. The standard InChI is InChI=1S/C15H28N6/c1-6-20(7-2)10-8-9-11(3)21-14-13(17-15(21)16)12(4)18-19(14)5/h11H,6-10H2,1-5H3,(H2,16,17). The van der Waals surface area contributed by atoms with Gasteiger partial charge in [0, 0.05) is 13.1 Å². The highest BCUT2D eigenvalue weighted by molar-refractivity contribution is 5.77. The molecule has 1 unspecified atom stereocenters. The number of nitrogen functional groups attached to an aromatic ring is 1. The van der Waals surface area contributed by atoms with Crippen LogP contribution in [0.4, 0.5) is 5.95 Å². The highest BCUT2D eigenvalue weighted by atomic mass is 15.4. The number of fused-ring (bicyclic) bond motifs is 1. The Hall–Kier alpha value is -1.56.